The van der Waals surface area contributed by atoms with Crippen molar-refractivity contribution in [3.05, 3.63) is 58.1 Å². The summed E-state index contributed by atoms with van der Waals surface area (Å²) in [5.41, 5.74) is 7.01. The molecule has 2 atom stereocenters. The van der Waals surface area contributed by atoms with Crippen molar-refractivity contribution in [3.63, 3.8) is 0 Å². The number of hydrogen-bond acceptors (Lipinski definition) is 3. The number of nitrogens with two attached hydrogens (primary N) is 1. The molecule has 2 aromatic rings. The van der Waals surface area contributed by atoms with Gasteiger partial charge in [-0.1, -0.05) is 35.3 Å². The average molecular weight is 344 g/mol. The molecule has 0 fully saturated rings. The molecule has 6 heteroatoms. The van der Waals surface area contributed by atoms with Gasteiger partial charge >= 0.3 is 0 Å². The first-order valence-corrected chi connectivity index (χ1v) is 8.31. The summed E-state index contributed by atoms with van der Waals surface area (Å²) in [5, 5.41) is 0.831. The third-order valence-corrected chi connectivity index (χ3v) is 5.21. The summed E-state index contributed by atoms with van der Waals surface area (Å²) in [5.74, 6) is 1.07. The van der Waals surface area contributed by atoms with Gasteiger partial charge in [-0.3, -0.25) is 4.21 Å². The fourth-order valence-corrected chi connectivity index (χ4v) is 3.37. The molecule has 0 radical (unpaired) electrons. The van der Waals surface area contributed by atoms with E-state index in [9.17, 15) is 4.21 Å². The molecule has 0 aliphatic rings. The maximum absolute atomic E-state index is 12.3. The molecule has 0 spiro atoms. The quantitative estimate of drug-likeness (QED) is 0.897. The molecule has 3 nitrogen and oxygen atoms in total. The van der Waals surface area contributed by atoms with Crippen LogP contribution in [0, 0.1) is 0 Å². The highest BCUT2D eigenvalue weighted by Gasteiger charge is 2.13. The minimum absolute atomic E-state index is 0.310. The zero-order valence-electron chi connectivity index (χ0n) is 11.4. The zero-order chi connectivity index (χ0) is 15.4. The van der Waals surface area contributed by atoms with E-state index in [1.54, 1.807) is 25.3 Å². The van der Waals surface area contributed by atoms with E-state index in [0.717, 1.165) is 11.3 Å². The summed E-state index contributed by atoms with van der Waals surface area (Å²) in [4.78, 5) is 0.619. The van der Waals surface area contributed by atoms with Crippen LogP contribution in [0.2, 0.25) is 10.0 Å². The van der Waals surface area contributed by atoms with Gasteiger partial charge in [0.15, 0.2) is 0 Å². The van der Waals surface area contributed by atoms with E-state index in [0.29, 0.717) is 20.7 Å². The molecule has 2 N–H and O–H groups in total. The Morgan fingerprint density at radius 3 is 2.38 bits per heavy atom. The lowest BCUT2D eigenvalue weighted by molar-refractivity contribution is 0.414. The van der Waals surface area contributed by atoms with E-state index in [1.807, 2.05) is 24.3 Å². The Balaban J connectivity index is 2.08. The summed E-state index contributed by atoms with van der Waals surface area (Å²) < 4.78 is 17.4. The molecule has 0 saturated heterocycles. The lowest BCUT2D eigenvalue weighted by Gasteiger charge is -2.12. The molecular weight excluding hydrogens is 329 g/mol. The van der Waals surface area contributed by atoms with Crippen LogP contribution in [0.25, 0.3) is 0 Å². The highest BCUT2D eigenvalue weighted by molar-refractivity contribution is 7.85. The Kier molecular flexibility index (Phi) is 5.65. The van der Waals surface area contributed by atoms with Crippen LogP contribution in [-0.4, -0.2) is 17.1 Å². The second-order valence-corrected chi connectivity index (χ2v) is 6.78. The maximum Gasteiger partial charge on any atom is 0.118 e. The number of benzene rings is 2. The molecule has 21 heavy (non-hydrogen) atoms. The van der Waals surface area contributed by atoms with Gasteiger partial charge in [-0.05, 0) is 35.9 Å². The molecule has 2 rings (SSSR count). The van der Waals surface area contributed by atoms with Gasteiger partial charge in [0.25, 0.3) is 0 Å². The topological polar surface area (TPSA) is 52.3 Å². The summed E-state index contributed by atoms with van der Waals surface area (Å²) in [6.45, 7) is 0. The zero-order valence-corrected chi connectivity index (χ0v) is 13.7. The Morgan fingerprint density at radius 1 is 1.14 bits per heavy atom. The number of halogens is 2. The molecule has 0 aliphatic carbocycles. The van der Waals surface area contributed by atoms with Gasteiger partial charge in [-0.15, -0.1) is 0 Å². The third kappa shape index (κ3) is 4.20. The fourth-order valence-electron chi connectivity index (χ4n) is 1.83. The highest BCUT2D eigenvalue weighted by atomic mass is 35.5. The van der Waals surface area contributed by atoms with Crippen molar-refractivity contribution >= 4 is 34.0 Å². The van der Waals surface area contributed by atoms with E-state index in [2.05, 4.69) is 0 Å². The van der Waals surface area contributed by atoms with Gasteiger partial charge in [-0.25, -0.2) is 0 Å². The van der Waals surface area contributed by atoms with Crippen molar-refractivity contribution < 1.29 is 8.95 Å². The van der Waals surface area contributed by atoms with Crippen LogP contribution in [0.15, 0.2) is 47.4 Å². The van der Waals surface area contributed by atoms with Crippen LogP contribution in [-0.2, 0) is 10.8 Å². The number of hydrogen-bond donors (Lipinski definition) is 1. The first-order chi connectivity index (χ1) is 10.0. The Morgan fingerprint density at radius 2 is 1.81 bits per heavy atom. The van der Waals surface area contributed by atoms with Crippen molar-refractivity contribution in [2.24, 2.45) is 5.73 Å². The van der Waals surface area contributed by atoms with Crippen LogP contribution >= 0.6 is 23.2 Å². The second kappa shape index (κ2) is 7.27. The summed E-state index contributed by atoms with van der Waals surface area (Å²) in [7, 11) is 0.366. The molecule has 112 valence electrons. The van der Waals surface area contributed by atoms with E-state index < -0.39 is 10.8 Å². The average Bonchev–Trinajstić information content (AvgIpc) is 2.50. The van der Waals surface area contributed by atoms with E-state index in [4.69, 9.17) is 33.7 Å². The van der Waals surface area contributed by atoms with Crippen LogP contribution in [0.5, 0.6) is 5.75 Å². The standard InChI is InChI=1S/C15H15Cl2NO2S/c1-20-11-4-2-10(3-5-11)15(18)9-21(19)12-6-7-13(16)14(17)8-12/h2-8,15H,9,18H2,1H3. The molecule has 0 bridgehead atoms. The van der Waals surface area contributed by atoms with Crippen molar-refractivity contribution in [3.8, 4) is 5.75 Å². The third-order valence-electron chi connectivity index (χ3n) is 3.03. The minimum Gasteiger partial charge on any atom is -0.497 e. The molecule has 2 unspecified atom stereocenters. The van der Waals surface area contributed by atoms with Crippen LogP contribution < -0.4 is 10.5 Å². The monoisotopic (exact) mass is 343 g/mol. The molecule has 0 heterocycles. The highest BCUT2D eigenvalue weighted by Crippen LogP contribution is 2.25. The lowest BCUT2D eigenvalue weighted by Crippen LogP contribution is -2.18. The van der Waals surface area contributed by atoms with Gasteiger partial charge in [-0.2, -0.15) is 0 Å². The molecule has 0 amide bonds. The molecule has 2 aromatic carbocycles. The first-order valence-electron chi connectivity index (χ1n) is 6.24. The maximum atomic E-state index is 12.3. The fraction of sp³-hybridized carbons (Fsp3) is 0.200. The van der Waals surface area contributed by atoms with Crippen LogP contribution in [0.1, 0.15) is 11.6 Å². The first kappa shape index (κ1) is 16.3. The van der Waals surface area contributed by atoms with Crippen molar-refractivity contribution in [1.29, 1.82) is 0 Å². The SMILES string of the molecule is COc1ccc(C(N)CS(=O)c2ccc(Cl)c(Cl)c2)cc1. The van der Waals surface area contributed by atoms with E-state index in [-0.39, 0.29) is 6.04 Å². The predicted molar refractivity (Wildman–Crippen MR) is 87.7 cm³/mol. The van der Waals surface area contributed by atoms with E-state index >= 15 is 0 Å². The van der Waals surface area contributed by atoms with Crippen LogP contribution in [0.3, 0.4) is 0 Å². The summed E-state index contributed by atoms with van der Waals surface area (Å²) >= 11 is 11.8. The van der Waals surface area contributed by atoms with Crippen molar-refractivity contribution in [2.75, 3.05) is 12.9 Å². The van der Waals surface area contributed by atoms with Gasteiger partial charge in [0, 0.05) is 16.7 Å². The Bertz CT molecular complexity index is 647. The molecule has 0 aliphatic heterocycles. The normalized spacial score (nSPS) is 13.7. The van der Waals surface area contributed by atoms with Crippen molar-refractivity contribution in [1.82, 2.24) is 0 Å². The molecule has 0 saturated carbocycles. The molecular formula is C15H15Cl2NO2S. The Hall–Kier alpha value is -1.07. The number of rotatable bonds is 5. The van der Waals surface area contributed by atoms with E-state index in [1.165, 1.54) is 0 Å². The lowest BCUT2D eigenvalue weighted by atomic mass is 10.1. The minimum atomic E-state index is -1.24. The predicted octanol–water partition coefficient (Wildman–Crippen LogP) is 3.81. The number of ether oxygens (including phenoxy) is 1. The van der Waals surface area contributed by atoms with Gasteiger partial charge in [0.1, 0.15) is 5.75 Å². The van der Waals surface area contributed by atoms with Gasteiger partial charge in [0.05, 0.1) is 28.0 Å². The summed E-state index contributed by atoms with van der Waals surface area (Å²) in [6.07, 6.45) is 0. The summed E-state index contributed by atoms with van der Waals surface area (Å²) in [6, 6.07) is 12.0. The number of methoxy groups -OCH3 is 1. The van der Waals surface area contributed by atoms with Gasteiger partial charge in [0.2, 0.25) is 0 Å². The largest absolute Gasteiger partial charge is 0.497 e. The smallest absolute Gasteiger partial charge is 0.118 e. The van der Waals surface area contributed by atoms with Gasteiger partial charge < -0.3 is 10.5 Å². The van der Waals surface area contributed by atoms with Crippen LogP contribution in [0.4, 0.5) is 0 Å². The second-order valence-electron chi connectivity index (χ2n) is 4.47. The molecule has 0 aromatic heterocycles. The van der Waals surface area contributed by atoms with Crippen molar-refractivity contribution in [2.45, 2.75) is 10.9 Å². The Labute approximate surface area is 136 Å².